The Balaban J connectivity index is 2.17. The van der Waals surface area contributed by atoms with Gasteiger partial charge < -0.3 is 5.32 Å². The topological polar surface area (TPSA) is 29.9 Å². The molecule has 0 aliphatic rings. The standard InChI is InChI=1S/C13H25N3/c1-11(2)14-9-6-5-7-13-8-10-16(15-13)12(3)4/h8,10-12,14H,5-7,9H2,1-4H3. The van der Waals surface area contributed by atoms with Crippen LogP contribution in [0.4, 0.5) is 0 Å². The monoisotopic (exact) mass is 223 g/mol. The Morgan fingerprint density at radius 2 is 2.00 bits per heavy atom. The summed E-state index contributed by atoms with van der Waals surface area (Å²) in [5.41, 5.74) is 1.22. The third-order valence-corrected chi connectivity index (χ3v) is 2.60. The van der Waals surface area contributed by atoms with Crippen LogP contribution in [-0.4, -0.2) is 22.4 Å². The van der Waals surface area contributed by atoms with Crippen molar-refractivity contribution in [3.63, 3.8) is 0 Å². The molecule has 0 unspecified atom stereocenters. The van der Waals surface area contributed by atoms with Crippen molar-refractivity contribution in [1.82, 2.24) is 15.1 Å². The molecule has 1 N–H and O–H groups in total. The molecule has 0 saturated carbocycles. The summed E-state index contributed by atoms with van der Waals surface area (Å²) in [4.78, 5) is 0. The predicted molar refractivity (Wildman–Crippen MR) is 68.7 cm³/mol. The number of hydrogen-bond donors (Lipinski definition) is 1. The van der Waals surface area contributed by atoms with Gasteiger partial charge in [0.05, 0.1) is 5.69 Å². The van der Waals surface area contributed by atoms with E-state index in [9.17, 15) is 0 Å². The molecule has 0 spiro atoms. The molecule has 16 heavy (non-hydrogen) atoms. The van der Waals surface area contributed by atoms with Crippen LogP contribution in [0.25, 0.3) is 0 Å². The Hall–Kier alpha value is -0.830. The molecular weight excluding hydrogens is 198 g/mol. The molecule has 0 aromatic carbocycles. The highest BCUT2D eigenvalue weighted by Gasteiger charge is 2.01. The molecule has 1 aromatic heterocycles. The maximum absolute atomic E-state index is 4.54. The van der Waals surface area contributed by atoms with Gasteiger partial charge in [-0.1, -0.05) is 13.8 Å². The van der Waals surface area contributed by atoms with E-state index in [0.29, 0.717) is 12.1 Å². The lowest BCUT2D eigenvalue weighted by Crippen LogP contribution is -2.23. The van der Waals surface area contributed by atoms with E-state index >= 15 is 0 Å². The SMILES string of the molecule is CC(C)NCCCCc1ccn(C(C)C)n1. The van der Waals surface area contributed by atoms with Crippen molar-refractivity contribution >= 4 is 0 Å². The lowest BCUT2D eigenvalue weighted by molar-refractivity contribution is 0.521. The first-order chi connectivity index (χ1) is 7.59. The van der Waals surface area contributed by atoms with Crippen LogP contribution in [0.3, 0.4) is 0 Å². The molecule has 1 aromatic rings. The fourth-order valence-electron chi connectivity index (χ4n) is 1.62. The minimum Gasteiger partial charge on any atom is -0.315 e. The van der Waals surface area contributed by atoms with Crippen molar-refractivity contribution in [2.45, 2.75) is 59.0 Å². The minimum absolute atomic E-state index is 0.469. The summed E-state index contributed by atoms with van der Waals surface area (Å²) in [6.45, 7) is 9.80. The summed E-state index contributed by atoms with van der Waals surface area (Å²) in [7, 11) is 0. The number of rotatable bonds is 7. The van der Waals surface area contributed by atoms with Gasteiger partial charge in [0, 0.05) is 18.3 Å². The smallest absolute Gasteiger partial charge is 0.0624 e. The number of nitrogens with one attached hydrogen (secondary N) is 1. The second-order valence-corrected chi connectivity index (χ2v) is 4.95. The van der Waals surface area contributed by atoms with Crippen LogP contribution in [-0.2, 0) is 6.42 Å². The highest BCUT2D eigenvalue weighted by Crippen LogP contribution is 2.06. The zero-order valence-corrected chi connectivity index (χ0v) is 11.0. The second-order valence-electron chi connectivity index (χ2n) is 4.95. The van der Waals surface area contributed by atoms with Crippen molar-refractivity contribution in [2.75, 3.05) is 6.54 Å². The van der Waals surface area contributed by atoms with Crippen molar-refractivity contribution in [2.24, 2.45) is 0 Å². The maximum atomic E-state index is 4.54. The van der Waals surface area contributed by atoms with Gasteiger partial charge in [-0.15, -0.1) is 0 Å². The summed E-state index contributed by atoms with van der Waals surface area (Å²) < 4.78 is 2.03. The van der Waals surface area contributed by atoms with Gasteiger partial charge >= 0.3 is 0 Å². The number of unbranched alkanes of at least 4 members (excludes halogenated alkanes) is 1. The maximum Gasteiger partial charge on any atom is 0.0624 e. The summed E-state index contributed by atoms with van der Waals surface area (Å²) in [5.74, 6) is 0. The van der Waals surface area contributed by atoms with Crippen LogP contribution >= 0.6 is 0 Å². The Bertz CT molecular complexity index is 289. The van der Waals surface area contributed by atoms with Crippen molar-refractivity contribution in [3.8, 4) is 0 Å². The number of aryl methyl sites for hydroxylation is 1. The third kappa shape index (κ3) is 4.79. The zero-order chi connectivity index (χ0) is 12.0. The summed E-state index contributed by atoms with van der Waals surface area (Å²) in [6, 6.07) is 3.20. The summed E-state index contributed by atoms with van der Waals surface area (Å²) >= 11 is 0. The molecule has 0 aliphatic heterocycles. The Morgan fingerprint density at radius 3 is 2.56 bits per heavy atom. The molecule has 0 fully saturated rings. The second kappa shape index (κ2) is 6.69. The Morgan fingerprint density at radius 1 is 1.25 bits per heavy atom. The molecule has 92 valence electrons. The van der Waals surface area contributed by atoms with Gasteiger partial charge in [-0.3, -0.25) is 4.68 Å². The van der Waals surface area contributed by atoms with Crippen LogP contribution in [0, 0.1) is 0 Å². The number of hydrogen-bond acceptors (Lipinski definition) is 2. The van der Waals surface area contributed by atoms with Crippen LogP contribution in [0.15, 0.2) is 12.3 Å². The molecule has 0 saturated heterocycles. The first kappa shape index (κ1) is 13.2. The largest absolute Gasteiger partial charge is 0.315 e. The molecule has 1 rings (SSSR count). The first-order valence-electron chi connectivity index (χ1n) is 6.37. The van der Waals surface area contributed by atoms with Gasteiger partial charge in [-0.2, -0.15) is 5.10 Å². The number of nitrogens with zero attached hydrogens (tertiary/aromatic N) is 2. The van der Waals surface area contributed by atoms with Gasteiger partial charge in [0.2, 0.25) is 0 Å². The summed E-state index contributed by atoms with van der Waals surface area (Å²) in [6.07, 6.45) is 5.62. The molecule has 0 atom stereocenters. The van der Waals surface area contributed by atoms with E-state index in [1.165, 1.54) is 18.5 Å². The van der Waals surface area contributed by atoms with Gasteiger partial charge in [-0.25, -0.2) is 0 Å². The van der Waals surface area contributed by atoms with Crippen LogP contribution in [0.5, 0.6) is 0 Å². The average molecular weight is 223 g/mol. The van der Waals surface area contributed by atoms with Crippen LogP contribution in [0.2, 0.25) is 0 Å². The van der Waals surface area contributed by atoms with E-state index in [1.807, 2.05) is 4.68 Å². The van der Waals surface area contributed by atoms with Crippen molar-refractivity contribution < 1.29 is 0 Å². The molecule has 3 heteroatoms. The first-order valence-corrected chi connectivity index (χ1v) is 6.37. The molecule has 0 aliphatic carbocycles. The minimum atomic E-state index is 0.469. The van der Waals surface area contributed by atoms with Crippen LogP contribution in [0.1, 0.15) is 52.3 Å². The van der Waals surface area contributed by atoms with E-state index in [-0.39, 0.29) is 0 Å². The van der Waals surface area contributed by atoms with E-state index in [1.54, 1.807) is 0 Å². The summed E-state index contributed by atoms with van der Waals surface area (Å²) in [5, 5.41) is 7.97. The molecule has 0 amide bonds. The van der Waals surface area contributed by atoms with Crippen molar-refractivity contribution in [1.29, 1.82) is 0 Å². The van der Waals surface area contributed by atoms with E-state index in [0.717, 1.165) is 13.0 Å². The fraction of sp³-hybridized carbons (Fsp3) is 0.769. The highest BCUT2D eigenvalue weighted by molar-refractivity contribution is 4.99. The van der Waals surface area contributed by atoms with Gasteiger partial charge in [0.1, 0.15) is 0 Å². The molecule has 0 bridgehead atoms. The van der Waals surface area contributed by atoms with E-state index in [4.69, 9.17) is 0 Å². The normalized spacial score (nSPS) is 11.6. The predicted octanol–water partition coefficient (Wildman–Crippen LogP) is 2.78. The quantitative estimate of drug-likeness (QED) is 0.720. The highest BCUT2D eigenvalue weighted by atomic mass is 15.3. The molecule has 0 radical (unpaired) electrons. The van der Waals surface area contributed by atoms with E-state index in [2.05, 4.69) is 50.4 Å². The Kier molecular flexibility index (Phi) is 5.53. The van der Waals surface area contributed by atoms with Crippen molar-refractivity contribution in [3.05, 3.63) is 18.0 Å². The fourth-order valence-corrected chi connectivity index (χ4v) is 1.62. The lowest BCUT2D eigenvalue weighted by Gasteiger charge is -2.07. The Labute approximate surface area is 99.2 Å². The average Bonchev–Trinajstić information content (AvgIpc) is 2.65. The molecular formula is C13H25N3. The van der Waals surface area contributed by atoms with Gasteiger partial charge in [0.15, 0.2) is 0 Å². The van der Waals surface area contributed by atoms with Gasteiger partial charge in [0.25, 0.3) is 0 Å². The van der Waals surface area contributed by atoms with E-state index < -0.39 is 0 Å². The molecule has 1 heterocycles. The third-order valence-electron chi connectivity index (χ3n) is 2.60. The lowest BCUT2D eigenvalue weighted by atomic mass is 10.2. The molecule has 3 nitrogen and oxygen atoms in total. The van der Waals surface area contributed by atoms with Gasteiger partial charge in [-0.05, 0) is 45.7 Å². The van der Waals surface area contributed by atoms with Crippen LogP contribution < -0.4 is 5.32 Å². The number of aromatic nitrogens is 2. The zero-order valence-electron chi connectivity index (χ0n) is 11.0.